The number of carbonyl (C=O) groups excluding carboxylic acids is 1. The Hall–Kier alpha value is -4.40. The van der Waals surface area contributed by atoms with Crippen molar-refractivity contribution in [3.63, 3.8) is 0 Å². The summed E-state index contributed by atoms with van der Waals surface area (Å²) in [5.41, 5.74) is 0.860. The van der Waals surface area contributed by atoms with Crippen molar-refractivity contribution in [1.29, 1.82) is 0 Å². The fraction of sp³-hybridized carbons (Fsp3) is 0.192. The summed E-state index contributed by atoms with van der Waals surface area (Å²) in [7, 11) is 4.42. The number of benzene rings is 2. The maximum atomic E-state index is 14.0. The molecule has 35 heavy (non-hydrogen) atoms. The second-order valence-electron chi connectivity index (χ2n) is 7.99. The first kappa shape index (κ1) is 22.4. The van der Waals surface area contributed by atoms with E-state index in [0.717, 1.165) is 6.07 Å². The second-order valence-corrected chi connectivity index (χ2v) is 7.99. The fourth-order valence-corrected chi connectivity index (χ4v) is 4.42. The zero-order valence-electron chi connectivity index (χ0n) is 19.4. The molecule has 3 heterocycles. The van der Waals surface area contributed by atoms with Crippen LogP contribution >= 0.6 is 0 Å². The van der Waals surface area contributed by atoms with E-state index >= 15 is 0 Å². The summed E-state index contributed by atoms with van der Waals surface area (Å²) in [4.78, 5) is 33.2. The Morgan fingerprint density at radius 3 is 2.31 bits per heavy atom. The van der Waals surface area contributed by atoms with E-state index in [9.17, 15) is 14.0 Å². The number of anilines is 1. The predicted molar refractivity (Wildman–Crippen MR) is 126 cm³/mol. The van der Waals surface area contributed by atoms with Crippen LogP contribution in [-0.2, 0) is 0 Å². The van der Waals surface area contributed by atoms with Crippen LogP contribution in [0.15, 0.2) is 57.7 Å². The molecule has 1 aliphatic rings. The number of halogens is 1. The van der Waals surface area contributed by atoms with Crippen molar-refractivity contribution in [3.05, 3.63) is 87.2 Å². The highest BCUT2D eigenvalue weighted by atomic mass is 19.1. The number of ether oxygens (including phenoxy) is 3. The average molecular weight is 476 g/mol. The lowest BCUT2D eigenvalue weighted by atomic mass is 9.97. The molecule has 1 aliphatic heterocycles. The van der Waals surface area contributed by atoms with Crippen LogP contribution in [0.1, 0.15) is 33.4 Å². The first-order valence-corrected chi connectivity index (χ1v) is 10.7. The van der Waals surface area contributed by atoms with Gasteiger partial charge in [0.05, 0.1) is 38.3 Å². The molecule has 1 amide bonds. The maximum Gasteiger partial charge on any atom is 0.296 e. The Kier molecular flexibility index (Phi) is 5.39. The molecular weight excluding hydrogens is 455 g/mol. The van der Waals surface area contributed by atoms with Crippen LogP contribution in [0.4, 0.5) is 10.2 Å². The summed E-state index contributed by atoms with van der Waals surface area (Å²) < 4.78 is 36.3. The average Bonchev–Trinajstić information content (AvgIpc) is 3.16. The quantitative estimate of drug-likeness (QED) is 0.421. The highest BCUT2D eigenvalue weighted by Crippen LogP contribution is 2.46. The van der Waals surface area contributed by atoms with Gasteiger partial charge >= 0.3 is 0 Å². The number of rotatable bonds is 5. The van der Waals surface area contributed by atoms with E-state index in [0.29, 0.717) is 34.3 Å². The van der Waals surface area contributed by atoms with Crippen LogP contribution < -0.4 is 24.5 Å². The fourth-order valence-electron chi connectivity index (χ4n) is 4.42. The number of pyridine rings is 1. The van der Waals surface area contributed by atoms with Crippen molar-refractivity contribution < 1.29 is 27.8 Å². The van der Waals surface area contributed by atoms with Gasteiger partial charge in [0.2, 0.25) is 11.5 Å². The Morgan fingerprint density at radius 1 is 0.971 bits per heavy atom. The van der Waals surface area contributed by atoms with E-state index in [4.69, 9.17) is 18.6 Å². The molecule has 2 aromatic heterocycles. The van der Waals surface area contributed by atoms with E-state index in [1.807, 2.05) is 0 Å². The first-order valence-electron chi connectivity index (χ1n) is 10.7. The SMILES string of the molecule is COc1cc([C@H]2c3c(oc4ccc(F)cc4c3=O)C(=O)N2c2cccc(C)n2)cc(OC)c1OC. The van der Waals surface area contributed by atoms with Crippen molar-refractivity contribution in [2.75, 3.05) is 26.2 Å². The second kappa shape index (κ2) is 8.43. The minimum absolute atomic E-state index is 0.0352. The minimum atomic E-state index is -0.940. The molecule has 0 saturated carbocycles. The summed E-state index contributed by atoms with van der Waals surface area (Å²) in [5, 5.41) is 0.0352. The van der Waals surface area contributed by atoms with E-state index in [1.165, 1.54) is 38.4 Å². The smallest absolute Gasteiger partial charge is 0.296 e. The number of aryl methyl sites for hydroxylation is 1. The number of aromatic nitrogens is 1. The highest BCUT2D eigenvalue weighted by Gasteiger charge is 2.45. The van der Waals surface area contributed by atoms with Crippen LogP contribution in [0, 0.1) is 12.7 Å². The van der Waals surface area contributed by atoms with E-state index in [1.54, 1.807) is 37.3 Å². The number of fused-ring (bicyclic) bond motifs is 2. The maximum absolute atomic E-state index is 14.0. The molecule has 0 spiro atoms. The standard InChI is InChI=1S/C26H21FN2O6/c1-13-6-5-7-20(28-13)29-22(14-10-18(32-2)24(34-4)19(11-14)33-3)21-23(30)16-12-15(27)8-9-17(16)35-25(21)26(29)31/h5-12,22H,1-4H3/t22-/m0/s1. The molecule has 1 atom stereocenters. The minimum Gasteiger partial charge on any atom is -0.493 e. The van der Waals surface area contributed by atoms with Gasteiger partial charge in [-0.3, -0.25) is 14.5 Å². The largest absolute Gasteiger partial charge is 0.493 e. The summed E-state index contributed by atoms with van der Waals surface area (Å²) >= 11 is 0. The topological polar surface area (TPSA) is 91.1 Å². The van der Waals surface area contributed by atoms with Crippen molar-refractivity contribution >= 4 is 22.7 Å². The van der Waals surface area contributed by atoms with Crippen molar-refractivity contribution in [1.82, 2.24) is 4.98 Å². The lowest BCUT2D eigenvalue weighted by molar-refractivity contribution is 0.0970. The van der Waals surface area contributed by atoms with Gasteiger partial charge in [0.15, 0.2) is 16.9 Å². The zero-order valence-corrected chi connectivity index (χ0v) is 19.4. The Balaban J connectivity index is 1.85. The predicted octanol–water partition coefficient (Wildman–Crippen LogP) is 4.41. The lowest BCUT2D eigenvalue weighted by Crippen LogP contribution is -2.30. The van der Waals surface area contributed by atoms with Gasteiger partial charge in [0.25, 0.3) is 5.91 Å². The zero-order chi connectivity index (χ0) is 24.9. The van der Waals surface area contributed by atoms with Crippen molar-refractivity contribution in [2.45, 2.75) is 13.0 Å². The molecule has 5 rings (SSSR count). The van der Waals surface area contributed by atoms with Gasteiger partial charge in [0, 0.05) is 5.69 Å². The molecule has 0 aliphatic carbocycles. The van der Waals surface area contributed by atoms with Gasteiger partial charge in [-0.1, -0.05) is 6.07 Å². The van der Waals surface area contributed by atoms with Gasteiger partial charge in [-0.05, 0) is 55.0 Å². The Morgan fingerprint density at radius 2 is 1.69 bits per heavy atom. The van der Waals surface area contributed by atoms with Gasteiger partial charge in [-0.15, -0.1) is 0 Å². The van der Waals surface area contributed by atoms with E-state index < -0.39 is 23.2 Å². The number of hydrogen-bond acceptors (Lipinski definition) is 7. The van der Waals surface area contributed by atoms with Crippen molar-refractivity contribution in [3.8, 4) is 17.2 Å². The molecule has 4 aromatic rings. The third-order valence-electron chi connectivity index (χ3n) is 5.96. The summed E-state index contributed by atoms with van der Waals surface area (Å²) in [6.07, 6.45) is 0. The number of amides is 1. The molecule has 0 N–H and O–H groups in total. The molecule has 9 heteroatoms. The molecule has 0 fully saturated rings. The third-order valence-corrected chi connectivity index (χ3v) is 5.96. The molecule has 2 aromatic carbocycles. The van der Waals surface area contributed by atoms with Gasteiger partial charge < -0.3 is 18.6 Å². The van der Waals surface area contributed by atoms with Crippen LogP contribution in [0.3, 0.4) is 0 Å². The monoisotopic (exact) mass is 476 g/mol. The normalized spacial score (nSPS) is 14.8. The summed E-state index contributed by atoms with van der Waals surface area (Å²) in [6, 6.07) is 11.2. The molecule has 0 radical (unpaired) electrons. The van der Waals surface area contributed by atoms with Crippen LogP contribution in [0.5, 0.6) is 17.2 Å². The number of nitrogens with zero attached hydrogens (tertiary/aromatic N) is 2. The van der Waals surface area contributed by atoms with Crippen LogP contribution in [-0.4, -0.2) is 32.2 Å². The van der Waals surface area contributed by atoms with Gasteiger partial charge in [-0.2, -0.15) is 0 Å². The molecule has 8 nitrogen and oxygen atoms in total. The van der Waals surface area contributed by atoms with Crippen LogP contribution in [0.25, 0.3) is 11.0 Å². The molecular formula is C26H21FN2O6. The number of carbonyl (C=O) groups is 1. The molecule has 0 unspecified atom stereocenters. The lowest BCUT2D eigenvalue weighted by Gasteiger charge is -2.25. The molecule has 178 valence electrons. The Labute approximate surface area is 199 Å². The first-order chi connectivity index (χ1) is 16.9. The van der Waals surface area contributed by atoms with E-state index in [-0.39, 0.29) is 22.3 Å². The summed E-state index contributed by atoms with van der Waals surface area (Å²) in [5.74, 6) is 0.116. The summed E-state index contributed by atoms with van der Waals surface area (Å²) in [6.45, 7) is 1.80. The van der Waals surface area contributed by atoms with Crippen LogP contribution in [0.2, 0.25) is 0 Å². The van der Waals surface area contributed by atoms with Gasteiger partial charge in [-0.25, -0.2) is 9.37 Å². The molecule has 0 saturated heterocycles. The highest BCUT2D eigenvalue weighted by molar-refractivity contribution is 6.10. The molecule has 0 bridgehead atoms. The van der Waals surface area contributed by atoms with E-state index in [2.05, 4.69) is 4.98 Å². The third kappa shape index (κ3) is 3.47. The van der Waals surface area contributed by atoms with Crippen molar-refractivity contribution in [2.24, 2.45) is 0 Å². The number of hydrogen-bond donors (Lipinski definition) is 0. The Bertz CT molecular complexity index is 1520. The number of methoxy groups -OCH3 is 3. The van der Waals surface area contributed by atoms with Gasteiger partial charge in [0.1, 0.15) is 17.2 Å².